The van der Waals surface area contributed by atoms with Gasteiger partial charge in [-0.3, -0.25) is 0 Å². The van der Waals surface area contributed by atoms with Crippen molar-refractivity contribution in [2.75, 3.05) is 29.9 Å². The van der Waals surface area contributed by atoms with E-state index < -0.39 is 0 Å². The molecule has 3 rings (SSSR count). The van der Waals surface area contributed by atoms with Gasteiger partial charge in [0.1, 0.15) is 18.2 Å². The molecule has 0 bridgehead atoms. The van der Waals surface area contributed by atoms with Crippen molar-refractivity contribution in [3.8, 4) is 6.07 Å². The van der Waals surface area contributed by atoms with Crippen molar-refractivity contribution in [2.24, 2.45) is 0 Å². The molecule has 0 atom stereocenters. The van der Waals surface area contributed by atoms with Gasteiger partial charge in [-0.2, -0.15) is 10.4 Å². The summed E-state index contributed by atoms with van der Waals surface area (Å²) in [5.41, 5.74) is 1.55. The van der Waals surface area contributed by atoms with Gasteiger partial charge in [-0.1, -0.05) is 0 Å². The number of nitrogens with zero attached hydrogens (tertiary/aromatic N) is 7. The van der Waals surface area contributed by atoms with E-state index in [1.165, 1.54) is 0 Å². The maximum absolute atomic E-state index is 9.20. The van der Waals surface area contributed by atoms with Gasteiger partial charge in [-0.05, 0) is 25.8 Å². The van der Waals surface area contributed by atoms with Crippen molar-refractivity contribution < 1.29 is 0 Å². The maximum atomic E-state index is 9.20. The van der Waals surface area contributed by atoms with Crippen LogP contribution in [0.1, 0.15) is 24.1 Å². The zero-order valence-electron chi connectivity index (χ0n) is 13.3. The van der Waals surface area contributed by atoms with E-state index in [2.05, 4.69) is 43.1 Å². The number of aromatic nitrogens is 4. The minimum atomic E-state index is 0.419. The largest absolute Gasteiger partial charge is 0.356 e. The third-order valence-corrected chi connectivity index (χ3v) is 4.28. The number of rotatable bonds is 3. The Morgan fingerprint density at radius 3 is 2.78 bits per heavy atom. The Balaban J connectivity index is 1.68. The van der Waals surface area contributed by atoms with E-state index in [9.17, 15) is 5.26 Å². The van der Waals surface area contributed by atoms with Crippen LogP contribution in [-0.4, -0.2) is 46.3 Å². The Bertz CT molecular complexity index is 716. The van der Waals surface area contributed by atoms with Crippen molar-refractivity contribution in [3.05, 3.63) is 35.9 Å². The van der Waals surface area contributed by atoms with Gasteiger partial charge in [0.15, 0.2) is 5.82 Å². The lowest BCUT2D eigenvalue weighted by Crippen LogP contribution is -2.44. The van der Waals surface area contributed by atoms with E-state index in [1.807, 2.05) is 13.0 Å². The predicted octanol–water partition coefficient (Wildman–Crippen LogP) is 1.55. The number of nitriles is 1. The molecular formula is C16H19N7. The Hall–Kier alpha value is -2.75. The number of aryl methyl sites for hydroxylation is 1. The molecule has 7 nitrogen and oxygen atoms in total. The van der Waals surface area contributed by atoms with E-state index in [0.29, 0.717) is 17.4 Å². The van der Waals surface area contributed by atoms with Crippen LogP contribution in [0.15, 0.2) is 24.7 Å². The van der Waals surface area contributed by atoms with Crippen molar-refractivity contribution in [1.29, 1.82) is 5.26 Å². The fraction of sp³-hybridized carbons (Fsp3) is 0.438. The zero-order chi connectivity index (χ0) is 16.2. The molecule has 2 aromatic heterocycles. The van der Waals surface area contributed by atoms with Crippen molar-refractivity contribution in [1.82, 2.24) is 20.2 Å². The molecule has 0 spiro atoms. The standard InChI is InChI=1S/C16H19N7/c1-12-9-15(19-11-18-12)22(2)14-4-7-23(8-5-14)16-13(10-17)3-6-20-21-16/h3,6,9,11,14H,4-5,7-8H2,1-2H3. The Morgan fingerprint density at radius 2 is 2.09 bits per heavy atom. The van der Waals surface area contributed by atoms with Gasteiger partial charge in [0, 0.05) is 37.9 Å². The highest BCUT2D eigenvalue weighted by Gasteiger charge is 2.25. The van der Waals surface area contributed by atoms with Crippen LogP contribution in [0.2, 0.25) is 0 Å². The molecule has 3 heterocycles. The van der Waals surface area contributed by atoms with Crippen LogP contribution >= 0.6 is 0 Å². The molecule has 2 aromatic rings. The monoisotopic (exact) mass is 309 g/mol. The second-order valence-corrected chi connectivity index (χ2v) is 5.73. The third-order valence-electron chi connectivity index (χ3n) is 4.28. The first-order chi connectivity index (χ1) is 11.2. The van der Waals surface area contributed by atoms with Gasteiger partial charge in [0.25, 0.3) is 0 Å². The molecule has 1 fully saturated rings. The van der Waals surface area contributed by atoms with Crippen LogP contribution in [0.25, 0.3) is 0 Å². The summed E-state index contributed by atoms with van der Waals surface area (Å²) in [5, 5.41) is 17.2. The quantitative estimate of drug-likeness (QED) is 0.850. The average Bonchev–Trinajstić information content (AvgIpc) is 2.61. The minimum absolute atomic E-state index is 0.419. The third kappa shape index (κ3) is 3.21. The molecule has 0 aliphatic carbocycles. The molecule has 0 aromatic carbocycles. The Morgan fingerprint density at radius 1 is 1.30 bits per heavy atom. The second kappa shape index (κ2) is 6.57. The highest BCUT2D eigenvalue weighted by Crippen LogP contribution is 2.24. The zero-order valence-corrected chi connectivity index (χ0v) is 13.3. The van der Waals surface area contributed by atoms with E-state index in [4.69, 9.17) is 0 Å². The van der Waals surface area contributed by atoms with E-state index >= 15 is 0 Å². The molecule has 0 radical (unpaired) electrons. The molecule has 0 unspecified atom stereocenters. The molecular weight excluding hydrogens is 290 g/mol. The summed E-state index contributed by atoms with van der Waals surface area (Å²) in [4.78, 5) is 12.9. The van der Waals surface area contributed by atoms with Crippen molar-refractivity contribution >= 4 is 11.6 Å². The van der Waals surface area contributed by atoms with Crippen LogP contribution < -0.4 is 9.80 Å². The Kier molecular flexibility index (Phi) is 4.33. The summed E-state index contributed by atoms with van der Waals surface area (Å²) < 4.78 is 0. The molecule has 0 N–H and O–H groups in total. The lowest BCUT2D eigenvalue weighted by Gasteiger charge is -2.37. The van der Waals surface area contributed by atoms with Crippen molar-refractivity contribution in [3.63, 3.8) is 0 Å². The molecule has 1 aliphatic heterocycles. The van der Waals surface area contributed by atoms with Crippen LogP contribution in [0.5, 0.6) is 0 Å². The van der Waals surface area contributed by atoms with Gasteiger partial charge in [0.2, 0.25) is 0 Å². The summed E-state index contributed by atoms with van der Waals surface area (Å²) in [6.07, 6.45) is 5.14. The van der Waals surface area contributed by atoms with E-state index in [1.54, 1.807) is 18.6 Å². The summed E-state index contributed by atoms with van der Waals surface area (Å²) in [5.74, 6) is 1.64. The van der Waals surface area contributed by atoms with Gasteiger partial charge in [-0.25, -0.2) is 9.97 Å². The first-order valence-corrected chi connectivity index (χ1v) is 7.67. The van der Waals surface area contributed by atoms with Gasteiger partial charge in [0.05, 0.1) is 11.8 Å². The van der Waals surface area contributed by atoms with Crippen LogP contribution in [0.4, 0.5) is 11.6 Å². The fourth-order valence-electron chi connectivity index (χ4n) is 2.93. The molecule has 7 heteroatoms. The van der Waals surface area contributed by atoms with Gasteiger partial charge in [-0.15, -0.1) is 5.10 Å². The first-order valence-electron chi connectivity index (χ1n) is 7.67. The number of anilines is 2. The smallest absolute Gasteiger partial charge is 0.169 e. The van der Waals surface area contributed by atoms with E-state index in [-0.39, 0.29) is 0 Å². The van der Waals surface area contributed by atoms with Crippen LogP contribution in [0.3, 0.4) is 0 Å². The lowest BCUT2D eigenvalue weighted by molar-refractivity contribution is 0.476. The molecule has 0 saturated carbocycles. The normalized spacial score (nSPS) is 15.3. The highest BCUT2D eigenvalue weighted by atomic mass is 15.3. The molecule has 0 amide bonds. The topological polar surface area (TPSA) is 81.8 Å². The second-order valence-electron chi connectivity index (χ2n) is 5.73. The minimum Gasteiger partial charge on any atom is -0.356 e. The number of piperidine rings is 1. The molecule has 118 valence electrons. The van der Waals surface area contributed by atoms with Gasteiger partial charge >= 0.3 is 0 Å². The van der Waals surface area contributed by atoms with Crippen LogP contribution in [-0.2, 0) is 0 Å². The summed E-state index contributed by atoms with van der Waals surface area (Å²) >= 11 is 0. The maximum Gasteiger partial charge on any atom is 0.169 e. The summed E-state index contributed by atoms with van der Waals surface area (Å²) in [7, 11) is 2.07. The molecule has 1 saturated heterocycles. The first kappa shape index (κ1) is 15.2. The summed E-state index contributed by atoms with van der Waals surface area (Å²) in [6.45, 7) is 3.68. The predicted molar refractivity (Wildman–Crippen MR) is 87.2 cm³/mol. The number of hydrogen-bond donors (Lipinski definition) is 0. The van der Waals surface area contributed by atoms with Crippen molar-refractivity contribution in [2.45, 2.75) is 25.8 Å². The Labute approximate surface area is 135 Å². The highest BCUT2D eigenvalue weighted by molar-refractivity contribution is 5.53. The number of hydrogen-bond acceptors (Lipinski definition) is 7. The molecule has 23 heavy (non-hydrogen) atoms. The summed E-state index contributed by atoms with van der Waals surface area (Å²) in [6, 6.07) is 6.32. The fourth-order valence-corrected chi connectivity index (χ4v) is 2.93. The van der Waals surface area contributed by atoms with E-state index in [0.717, 1.165) is 37.4 Å². The van der Waals surface area contributed by atoms with Gasteiger partial charge < -0.3 is 9.80 Å². The lowest BCUT2D eigenvalue weighted by atomic mass is 10.0. The SMILES string of the molecule is Cc1cc(N(C)C2CCN(c3nnccc3C#N)CC2)ncn1. The molecule has 1 aliphatic rings. The van der Waals surface area contributed by atoms with Crippen LogP contribution in [0, 0.1) is 18.3 Å². The average molecular weight is 309 g/mol.